The fraction of sp³-hybridized carbons (Fsp3) is 0.192. The third-order valence-corrected chi connectivity index (χ3v) is 5.40. The van der Waals surface area contributed by atoms with Crippen LogP contribution in [0, 0.1) is 0 Å². The Morgan fingerprint density at radius 2 is 1.55 bits per heavy atom. The van der Waals surface area contributed by atoms with Gasteiger partial charge in [0.25, 0.3) is 5.91 Å². The van der Waals surface area contributed by atoms with Crippen molar-refractivity contribution >= 4 is 45.9 Å². The van der Waals surface area contributed by atoms with Gasteiger partial charge < -0.3 is 10.6 Å². The molecular weight excluding hydrogens is 480 g/mol. The number of hydrogen-bond acceptors (Lipinski definition) is 4. The van der Waals surface area contributed by atoms with Gasteiger partial charge in [0.2, 0.25) is 5.91 Å². The lowest BCUT2D eigenvalue weighted by Crippen LogP contribution is -2.49. The first kappa shape index (κ1) is 24.4. The Kier molecular flexibility index (Phi) is 7.79. The zero-order chi connectivity index (χ0) is 22.7. The molecular formula is C26H27BrN4O2. The lowest BCUT2D eigenvalue weighted by atomic mass is 10.0. The second-order valence-corrected chi connectivity index (χ2v) is 7.92. The maximum atomic E-state index is 13.4. The van der Waals surface area contributed by atoms with Gasteiger partial charge in [-0.3, -0.25) is 19.5 Å². The highest BCUT2D eigenvalue weighted by molar-refractivity contribution is 8.93. The summed E-state index contributed by atoms with van der Waals surface area (Å²) in [6.07, 6.45) is -1.10. The molecule has 1 heterocycles. The van der Waals surface area contributed by atoms with Crippen LogP contribution < -0.4 is 15.5 Å². The Bertz CT molecular complexity index is 1150. The van der Waals surface area contributed by atoms with Gasteiger partial charge in [-0.2, -0.15) is 0 Å². The Morgan fingerprint density at radius 1 is 0.970 bits per heavy atom. The summed E-state index contributed by atoms with van der Waals surface area (Å²) in [7, 11) is 0. The van der Waals surface area contributed by atoms with E-state index in [9.17, 15) is 9.59 Å². The van der Waals surface area contributed by atoms with Gasteiger partial charge in [-0.05, 0) is 32.0 Å². The van der Waals surface area contributed by atoms with E-state index in [1.165, 1.54) is 4.90 Å². The molecule has 3 aromatic carbocycles. The number of carbonyl (C=O) groups excluding carboxylic acids is 2. The maximum absolute atomic E-state index is 13.4. The molecule has 0 spiro atoms. The van der Waals surface area contributed by atoms with Crippen LogP contribution in [0.2, 0.25) is 0 Å². The monoisotopic (exact) mass is 506 g/mol. The van der Waals surface area contributed by atoms with Gasteiger partial charge in [0.15, 0.2) is 6.17 Å². The highest BCUT2D eigenvalue weighted by Crippen LogP contribution is 2.28. The molecule has 0 bridgehead atoms. The Labute approximate surface area is 204 Å². The van der Waals surface area contributed by atoms with Crippen LogP contribution in [-0.4, -0.2) is 36.3 Å². The molecule has 170 valence electrons. The van der Waals surface area contributed by atoms with Crippen LogP contribution in [0.5, 0.6) is 0 Å². The van der Waals surface area contributed by atoms with E-state index in [2.05, 4.69) is 4.99 Å². The summed E-state index contributed by atoms with van der Waals surface area (Å²) in [6, 6.07) is 26.5. The number of rotatable bonds is 5. The molecule has 4 rings (SSSR count). The number of anilines is 2. The Balaban J connectivity index is 0.00000306. The number of halogens is 1. The average Bonchev–Trinajstić information content (AvgIpc) is 2.91. The summed E-state index contributed by atoms with van der Waals surface area (Å²) < 4.78 is 0. The molecule has 6 nitrogen and oxygen atoms in total. The highest BCUT2D eigenvalue weighted by Gasteiger charge is 2.32. The standard InChI is InChI=1S/C26H26N4O2.BrH/c1-18(2)30(20-13-7-4-8-14-20)23(31)17-29-22-16-10-9-15-21(22)24(28-25(27)26(29)32)19-11-5-3-6-12-19;/h3-16,18,25H,17,27H2,1-2H3;1H. The fourth-order valence-corrected chi connectivity index (χ4v) is 3.97. The molecule has 0 aliphatic carbocycles. The summed E-state index contributed by atoms with van der Waals surface area (Å²) in [6.45, 7) is 3.77. The number of carbonyl (C=O) groups is 2. The van der Waals surface area contributed by atoms with Gasteiger partial charge in [0.1, 0.15) is 6.54 Å². The van der Waals surface area contributed by atoms with Crippen LogP contribution in [0.1, 0.15) is 25.0 Å². The molecule has 3 aromatic rings. The summed E-state index contributed by atoms with van der Waals surface area (Å²) in [5.74, 6) is -0.599. The normalized spacial score (nSPS) is 15.3. The van der Waals surface area contributed by atoms with Crippen LogP contribution in [0.4, 0.5) is 11.4 Å². The van der Waals surface area contributed by atoms with Crippen molar-refractivity contribution in [1.82, 2.24) is 0 Å². The third-order valence-electron chi connectivity index (χ3n) is 5.40. The average molecular weight is 507 g/mol. The van der Waals surface area contributed by atoms with Crippen LogP contribution in [0.15, 0.2) is 89.9 Å². The molecule has 0 radical (unpaired) electrons. The molecule has 0 saturated carbocycles. The lowest BCUT2D eigenvalue weighted by molar-refractivity contribution is -0.123. The van der Waals surface area contributed by atoms with Gasteiger partial charge in [0.05, 0.1) is 11.4 Å². The van der Waals surface area contributed by atoms with E-state index in [1.807, 2.05) is 98.8 Å². The molecule has 0 fully saturated rings. The summed E-state index contributed by atoms with van der Waals surface area (Å²) in [5.41, 5.74) is 9.88. The number of para-hydroxylation sites is 2. The largest absolute Gasteiger partial charge is 0.308 e. The van der Waals surface area contributed by atoms with Crippen molar-refractivity contribution in [2.24, 2.45) is 10.7 Å². The molecule has 2 amide bonds. The molecule has 1 atom stereocenters. The van der Waals surface area contributed by atoms with Crippen molar-refractivity contribution in [1.29, 1.82) is 0 Å². The van der Waals surface area contributed by atoms with E-state index >= 15 is 0 Å². The molecule has 1 aliphatic heterocycles. The predicted octanol–water partition coefficient (Wildman–Crippen LogP) is 4.17. The van der Waals surface area contributed by atoms with Crippen molar-refractivity contribution in [2.75, 3.05) is 16.3 Å². The van der Waals surface area contributed by atoms with E-state index in [-0.39, 0.29) is 35.5 Å². The summed E-state index contributed by atoms with van der Waals surface area (Å²) >= 11 is 0. The maximum Gasteiger partial charge on any atom is 0.266 e. The Morgan fingerprint density at radius 3 is 2.18 bits per heavy atom. The second kappa shape index (κ2) is 10.6. The fourth-order valence-electron chi connectivity index (χ4n) is 3.97. The van der Waals surface area contributed by atoms with Gasteiger partial charge in [-0.15, -0.1) is 17.0 Å². The molecule has 1 aliphatic rings. The van der Waals surface area contributed by atoms with Crippen LogP contribution in [0.3, 0.4) is 0 Å². The first-order chi connectivity index (χ1) is 15.5. The van der Waals surface area contributed by atoms with Crippen LogP contribution in [0.25, 0.3) is 0 Å². The second-order valence-electron chi connectivity index (χ2n) is 7.92. The quantitative estimate of drug-likeness (QED) is 0.563. The molecule has 0 saturated heterocycles. The van der Waals surface area contributed by atoms with Crippen molar-refractivity contribution in [3.63, 3.8) is 0 Å². The van der Waals surface area contributed by atoms with Crippen molar-refractivity contribution in [3.8, 4) is 0 Å². The van der Waals surface area contributed by atoms with Gasteiger partial charge in [-0.25, -0.2) is 0 Å². The minimum atomic E-state index is -1.10. The number of nitrogens with two attached hydrogens (primary N) is 1. The number of hydrogen-bond donors (Lipinski definition) is 1. The van der Waals surface area contributed by atoms with Gasteiger partial charge in [0, 0.05) is 22.9 Å². The predicted molar refractivity (Wildman–Crippen MR) is 138 cm³/mol. The van der Waals surface area contributed by atoms with Gasteiger partial charge >= 0.3 is 0 Å². The molecule has 2 N–H and O–H groups in total. The van der Waals surface area contributed by atoms with Crippen molar-refractivity contribution in [2.45, 2.75) is 26.1 Å². The van der Waals surface area contributed by atoms with Crippen molar-refractivity contribution < 1.29 is 9.59 Å². The van der Waals surface area contributed by atoms with E-state index in [0.717, 1.165) is 16.8 Å². The van der Waals surface area contributed by atoms with E-state index in [1.54, 1.807) is 4.90 Å². The number of aliphatic imine (C=N–C) groups is 1. The highest BCUT2D eigenvalue weighted by atomic mass is 79.9. The molecule has 1 unspecified atom stereocenters. The molecule has 33 heavy (non-hydrogen) atoms. The smallest absolute Gasteiger partial charge is 0.266 e. The first-order valence-corrected chi connectivity index (χ1v) is 10.6. The number of amides is 2. The zero-order valence-electron chi connectivity index (χ0n) is 18.6. The first-order valence-electron chi connectivity index (χ1n) is 10.6. The van der Waals surface area contributed by atoms with E-state index in [4.69, 9.17) is 5.73 Å². The van der Waals surface area contributed by atoms with Crippen molar-refractivity contribution in [3.05, 3.63) is 96.1 Å². The molecule has 0 aromatic heterocycles. The topological polar surface area (TPSA) is 79.0 Å². The zero-order valence-corrected chi connectivity index (χ0v) is 20.3. The number of fused-ring (bicyclic) bond motifs is 1. The number of nitrogens with zero attached hydrogens (tertiary/aromatic N) is 3. The minimum absolute atomic E-state index is 0. The van der Waals surface area contributed by atoms with Gasteiger partial charge in [-0.1, -0.05) is 66.7 Å². The number of benzodiazepines with no additional fused rings is 1. The lowest BCUT2D eigenvalue weighted by Gasteiger charge is -2.31. The number of benzene rings is 3. The van der Waals surface area contributed by atoms with Crippen LogP contribution in [-0.2, 0) is 9.59 Å². The van der Waals surface area contributed by atoms with Crippen LogP contribution >= 0.6 is 17.0 Å². The van der Waals surface area contributed by atoms with E-state index in [0.29, 0.717) is 11.4 Å². The third kappa shape index (κ3) is 5.05. The minimum Gasteiger partial charge on any atom is -0.308 e. The summed E-state index contributed by atoms with van der Waals surface area (Å²) in [5, 5.41) is 0. The van der Waals surface area contributed by atoms with E-state index < -0.39 is 12.1 Å². The SMILES string of the molecule is Br.CC(C)N(C(=O)CN1C(=O)C(N)N=C(c2ccccc2)c2ccccc21)c1ccccc1. The Hall–Kier alpha value is -3.29. The summed E-state index contributed by atoms with van der Waals surface area (Å²) in [4.78, 5) is 34.4. The molecule has 7 heteroatoms.